The molecule has 0 aliphatic rings. The van der Waals surface area contributed by atoms with E-state index in [-0.39, 0.29) is 11.2 Å². The highest BCUT2D eigenvalue weighted by Crippen LogP contribution is 2.20. The van der Waals surface area contributed by atoms with E-state index in [1.54, 1.807) is 0 Å². The van der Waals surface area contributed by atoms with Crippen molar-refractivity contribution in [3.8, 4) is 0 Å². The summed E-state index contributed by atoms with van der Waals surface area (Å²) in [5.74, 6) is 0.449. The van der Waals surface area contributed by atoms with Gasteiger partial charge in [-0.3, -0.25) is 4.79 Å². The van der Waals surface area contributed by atoms with E-state index in [1.165, 1.54) is 19.3 Å². The van der Waals surface area contributed by atoms with Gasteiger partial charge in [-0.1, -0.05) is 40.0 Å². The standard InChI is InChI=1S/C10H19ClO/c1-4-5-6-7-8(2)9(3)10(11)12/h8-9H,4-7H2,1-3H3. The summed E-state index contributed by atoms with van der Waals surface area (Å²) in [5, 5.41) is -0.195. The van der Waals surface area contributed by atoms with Crippen molar-refractivity contribution < 1.29 is 4.79 Å². The first-order valence-electron chi connectivity index (χ1n) is 4.79. The van der Waals surface area contributed by atoms with Crippen LogP contribution in [0.1, 0.15) is 46.5 Å². The van der Waals surface area contributed by atoms with Crippen LogP contribution < -0.4 is 0 Å². The van der Waals surface area contributed by atoms with Crippen molar-refractivity contribution in [1.29, 1.82) is 0 Å². The topological polar surface area (TPSA) is 17.1 Å². The van der Waals surface area contributed by atoms with Crippen LogP contribution in [0.4, 0.5) is 0 Å². The molecule has 0 spiro atoms. The number of unbranched alkanes of at least 4 members (excludes halogenated alkanes) is 2. The summed E-state index contributed by atoms with van der Waals surface area (Å²) in [6.45, 7) is 6.19. The Hall–Kier alpha value is -0.0400. The van der Waals surface area contributed by atoms with Crippen molar-refractivity contribution in [3.05, 3.63) is 0 Å². The Morgan fingerprint density at radius 2 is 1.92 bits per heavy atom. The Bertz CT molecular complexity index is 134. The third kappa shape index (κ3) is 4.76. The van der Waals surface area contributed by atoms with Gasteiger partial charge in [-0.25, -0.2) is 0 Å². The van der Waals surface area contributed by atoms with Gasteiger partial charge in [-0.2, -0.15) is 0 Å². The lowest BCUT2D eigenvalue weighted by Crippen LogP contribution is -2.14. The van der Waals surface area contributed by atoms with E-state index in [0.29, 0.717) is 5.92 Å². The van der Waals surface area contributed by atoms with E-state index in [2.05, 4.69) is 13.8 Å². The minimum atomic E-state index is -0.195. The molecule has 2 unspecified atom stereocenters. The molecule has 0 heterocycles. The van der Waals surface area contributed by atoms with Crippen LogP contribution in [0.3, 0.4) is 0 Å². The van der Waals surface area contributed by atoms with Crippen LogP contribution in [0.25, 0.3) is 0 Å². The molecule has 0 amide bonds. The number of halogens is 1. The van der Waals surface area contributed by atoms with Gasteiger partial charge in [0.2, 0.25) is 5.24 Å². The largest absolute Gasteiger partial charge is 0.281 e. The molecule has 12 heavy (non-hydrogen) atoms. The maximum atomic E-state index is 10.8. The molecular weight excluding hydrogens is 172 g/mol. The first kappa shape index (κ1) is 12.0. The molecular formula is C10H19ClO. The molecule has 0 aliphatic carbocycles. The lowest BCUT2D eigenvalue weighted by Gasteiger charge is -2.15. The van der Waals surface area contributed by atoms with Gasteiger partial charge in [0.15, 0.2) is 0 Å². The van der Waals surface area contributed by atoms with E-state index in [9.17, 15) is 4.79 Å². The number of hydrogen-bond donors (Lipinski definition) is 0. The monoisotopic (exact) mass is 190 g/mol. The third-order valence-corrected chi connectivity index (χ3v) is 2.82. The predicted molar refractivity (Wildman–Crippen MR) is 53.3 cm³/mol. The maximum Gasteiger partial charge on any atom is 0.224 e. The summed E-state index contributed by atoms with van der Waals surface area (Å²) in [6, 6.07) is 0. The van der Waals surface area contributed by atoms with Gasteiger partial charge >= 0.3 is 0 Å². The second-order valence-electron chi connectivity index (χ2n) is 3.57. The average molecular weight is 191 g/mol. The average Bonchev–Trinajstić information content (AvgIpc) is 2.03. The molecule has 0 saturated carbocycles. The van der Waals surface area contributed by atoms with Crippen LogP contribution in [0.2, 0.25) is 0 Å². The van der Waals surface area contributed by atoms with Crippen LogP contribution in [-0.4, -0.2) is 5.24 Å². The van der Waals surface area contributed by atoms with E-state index in [4.69, 9.17) is 11.6 Å². The Labute approximate surface area is 80.5 Å². The molecule has 2 atom stereocenters. The van der Waals surface area contributed by atoms with Gasteiger partial charge in [0.1, 0.15) is 0 Å². The molecule has 0 N–H and O–H groups in total. The second-order valence-corrected chi connectivity index (χ2v) is 3.94. The van der Waals surface area contributed by atoms with Gasteiger partial charge in [0.05, 0.1) is 0 Å². The number of rotatable bonds is 6. The number of carbonyl (C=O) groups is 1. The molecule has 0 aromatic rings. The van der Waals surface area contributed by atoms with Crippen LogP contribution in [-0.2, 0) is 4.79 Å². The minimum absolute atomic E-state index is 0.0172. The molecule has 0 aliphatic heterocycles. The highest BCUT2D eigenvalue weighted by atomic mass is 35.5. The predicted octanol–water partition coefficient (Wildman–Crippen LogP) is 3.60. The van der Waals surface area contributed by atoms with Crippen LogP contribution in [0.15, 0.2) is 0 Å². The van der Waals surface area contributed by atoms with Crippen LogP contribution in [0.5, 0.6) is 0 Å². The van der Waals surface area contributed by atoms with Gasteiger partial charge in [0, 0.05) is 5.92 Å². The van der Waals surface area contributed by atoms with Crippen molar-refractivity contribution >= 4 is 16.8 Å². The molecule has 0 bridgehead atoms. The first-order valence-corrected chi connectivity index (χ1v) is 5.16. The zero-order chi connectivity index (χ0) is 9.56. The van der Waals surface area contributed by atoms with Gasteiger partial charge in [-0.05, 0) is 23.9 Å². The third-order valence-electron chi connectivity index (χ3n) is 2.47. The molecule has 0 aromatic carbocycles. The van der Waals surface area contributed by atoms with Gasteiger partial charge in [-0.15, -0.1) is 0 Å². The fourth-order valence-electron chi connectivity index (χ4n) is 1.19. The Morgan fingerprint density at radius 1 is 1.33 bits per heavy atom. The lowest BCUT2D eigenvalue weighted by molar-refractivity contribution is -0.116. The summed E-state index contributed by atoms with van der Waals surface area (Å²) in [4.78, 5) is 10.8. The molecule has 1 nitrogen and oxygen atoms in total. The van der Waals surface area contributed by atoms with Crippen LogP contribution in [0, 0.1) is 11.8 Å². The minimum Gasteiger partial charge on any atom is -0.281 e. The fourth-order valence-corrected chi connectivity index (χ4v) is 1.41. The number of hydrogen-bond acceptors (Lipinski definition) is 1. The molecule has 0 fully saturated rings. The SMILES string of the molecule is CCCCCC(C)C(C)C(=O)Cl. The highest BCUT2D eigenvalue weighted by Gasteiger charge is 2.17. The highest BCUT2D eigenvalue weighted by molar-refractivity contribution is 6.63. The molecule has 0 rings (SSSR count). The van der Waals surface area contributed by atoms with E-state index < -0.39 is 0 Å². The smallest absolute Gasteiger partial charge is 0.224 e. The zero-order valence-electron chi connectivity index (χ0n) is 8.27. The van der Waals surface area contributed by atoms with Gasteiger partial charge in [0.25, 0.3) is 0 Å². The summed E-state index contributed by atoms with van der Waals surface area (Å²) in [7, 11) is 0. The molecule has 72 valence electrons. The Balaban J connectivity index is 3.56. The number of carbonyl (C=O) groups excluding carboxylic acids is 1. The van der Waals surface area contributed by atoms with Crippen molar-refractivity contribution in [3.63, 3.8) is 0 Å². The summed E-state index contributed by atoms with van der Waals surface area (Å²) < 4.78 is 0. The quantitative estimate of drug-likeness (QED) is 0.462. The normalized spacial score (nSPS) is 15.7. The van der Waals surface area contributed by atoms with E-state index in [1.807, 2.05) is 6.92 Å². The van der Waals surface area contributed by atoms with E-state index in [0.717, 1.165) is 6.42 Å². The Kier molecular flexibility index (Phi) is 6.45. The lowest BCUT2D eigenvalue weighted by atomic mass is 9.92. The molecule has 2 heteroatoms. The van der Waals surface area contributed by atoms with Crippen molar-refractivity contribution in [2.24, 2.45) is 11.8 Å². The molecule has 0 radical (unpaired) electrons. The van der Waals surface area contributed by atoms with Crippen molar-refractivity contribution in [1.82, 2.24) is 0 Å². The van der Waals surface area contributed by atoms with Crippen molar-refractivity contribution in [2.75, 3.05) is 0 Å². The summed E-state index contributed by atoms with van der Waals surface area (Å²) >= 11 is 5.40. The molecule has 0 aromatic heterocycles. The summed E-state index contributed by atoms with van der Waals surface area (Å²) in [5.41, 5.74) is 0. The fraction of sp³-hybridized carbons (Fsp3) is 0.900. The second kappa shape index (κ2) is 6.47. The molecule has 0 saturated heterocycles. The summed E-state index contributed by atoms with van der Waals surface area (Å²) in [6.07, 6.45) is 4.82. The first-order chi connectivity index (χ1) is 5.59. The van der Waals surface area contributed by atoms with Crippen molar-refractivity contribution in [2.45, 2.75) is 46.5 Å². The zero-order valence-corrected chi connectivity index (χ0v) is 9.03. The maximum absolute atomic E-state index is 10.8. The van der Waals surface area contributed by atoms with Crippen LogP contribution >= 0.6 is 11.6 Å². The van der Waals surface area contributed by atoms with Gasteiger partial charge < -0.3 is 0 Å². The van der Waals surface area contributed by atoms with E-state index >= 15 is 0 Å². The Morgan fingerprint density at radius 3 is 2.33 bits per heavy atom.